The second-order valence-electron chi connectivity index (χ2n) is 7.95. The highest BCUT2D eigenvalue weighted by molar-refractivity contribution is 7.91. The third kappa shape index (κ3) is 5.45. The zero-order chi connectivity index (χ0) is 25.0. The molecule has 0 radical (unpaired) electrons. The van der Waals surface area contributed by atoms with Crippen LogP contribution in [0.2, 0.25) is 0 Å². The molecule has 1 amide bonds. The third-order valence-corrected chi connectivity index (χ3v) is 5.89. The summed E-state index contributed by atoms with van der Waals surface area (Å²) < 4.78 is 115. The van der Waals surface area contributed by atoms with E-state index in [0.717, 1.165) is 24.6 Å². The highest BCUT2D eigenvalue weighted by Crippen LogP contribution is 2.45. The number of halogens is 7. The van der Waals surface area contributed by atoms with Gasteiger partial charge in [-0.2, -0.15) is 27.1 Å². The molecular formula is C18H18F7N5O2S. The summed E-state index contributed by atoms with van der Waals surface area (Å²) in [5.74, 6) is -9.47. The van der Waals surface area contributed by atoms with Crippen LogP contribution < -0.4 is 5.32 Å². The largest absolute Gasteiger partial charge is 0.420 e. The number of nitrogens with one attached hydrogen (secondary N) is 2. The molecule has 2 N–H and O–H groups in total. The van der Waals surface area contributed by atoms with Gasteiger partial charge in [-0.15, -0.1) is 0 Å². The van der Waals surface area contributed by atoms with E-state index in [-0.39, 0.29) is 17.6 Å². The summed E-state index contributed by atoms with van der Waals surface area (Å²) in [6.45, 7) is -0.427. The van der Waals surface area contributed by atoms with Crippen molar-refractivity contribution in [3.63, 3.8) is 0 Å². The molecule has 2 aromatic heterocycles. The molecule has 1 aliphatic carbocycles. The van der Waals surface area contributed by atoms with Crippen molar-refractivity contribution in [2.45, 2.75) is 49.4 Å². The van der Waals surface area contributed by atoms with E-state index in [1.165, 1.54) is 0 Å². The number of aromatic nitrogens is 3. The molecule has 182 valence electrons. The number of nitrogens with zero attached hydrogens (tertiary/aromatic N) is 3. The Labute approximate surface area is 183 Å². The molecule has 7 nitrogen and oxygen atoms in total. The summed E-state index contributed by atoms with van der Waals surface area (Å²) in [4.78, 5) is 16.5. The van der Waals surface area contributed by atoms with E-state index in [0.29, 0.717) is 4.68 Å². The number of pyridine rings is 1. The smallest absolute Gasteiger partial charge is 0.320 e. The van der Waals surface area contributed by atoms with Crippen LogP contribution in [0.3, 0.4) is 0 Å². The van der Waals surface area contributed by atoms with E-state index in [1.54, 1.807) is 0 Å². The number of hydrogen-bond acceptors (Lipinski definition) is 5. The molecule has 2 aromatic rings. The average Bonchev–Trinajstić information content (AvgIpc) is 3.00. The summed E-state index contributed by atoms with van der Waals surface area (Å²) in [5.41, 5.74) is -5.15. The van der Waals surface area contributed by atoms with Crippen molar-refractivity contribution in [2.24, 2.45) is 5.92 Å². The van der Waals surface area contributed by atoms with Crippen molar-refractivity contribution in [3.8, 4) is 0 Å². The summed E-state index contributed by atoms with van der Waals surface area (Å²) in [6, 6.07) is 2.12. The summed E-state index contributed by atoms with van der Waals surface area (Å²) in [7, 11) is -3.33. The lowest BCUT2D eigenvalue weighted by Gasteiger charge is -2.35. The third-order valence-electron chi connectivity index (χ3n) is 4.86. The molecule has 1 unspecified atom stereocenters. The lowest BCUT2D eigenvalue weighted by molar-refractivity contribution is -0.142. The number of rotatable bonds is 6. The maximum Gasteiger partial charge on any atom is 0.420 e. The van der Waals surface area contributed by atoms with Crippen molar-refractivity contribution in [1.82, 2.24) is 14.8 Å². The van der Waals surface area contributed by atoms with Crippen LogP contribution in [0.1, 0.15) is 41.5 Å². The molecule has 1 saturated carbocycles. The SMILES string of the molecule is CC(F)(F)c1nn(CC2CC(F)(F)C2)c(C(=O)Nc2ccnc(S(C)(=N)=O)c2)c1C(F)(F)F. The Balaban J connectivity index is 2.08. The lowest BCUT2D eigenvalue weighted by Crippen LogP contribution is -2.38. The van der Waals surface area contributed by atoms with E-state index < -0.39 is 75.9 Å². The van der Waals surface area contributed by atoms with Gasteiger partial charge in [0.05, 0.1) is 9.73 Å². The fourth-order valence-electron chi connectivity index (χ4n) is 3.45. The fourth-order valence-corrected chi connectivity index (χ4v) is 4.06. The fraction of sp³-hybridized carbons (Fsp3) is 0.500. The number of carbonyl (C=O) groups is 1. The molecule has 1 atom stereocenters. The van der Waals surface area contributed by atoms with Crippen LogP contribution in [0, 0.1) is 10.7 Å². The van der Waals surface area contributed by atoms with Crippen LogP contribution in [0.25, 0.3) is 0 Å². The maximum absolute atomic E-state index is 14.0. The molecule has 2 heterocycles. The zero-order valence-electron chi connectivity index (χ0n) is 17.1. The quantitative estimate of drug-likeness (QED) is 0.559. The summed E-state index contributed by atoms with van der Waals surface area (Å²) in [5, 5.41) is 5.09. The first-order valence-electron chi connectivity index (χ1n) is 9.34. The van der Waals surface area contributed by atoms with Gasteiger partial charge >= 0.3 is 6.18 Å². The van der Waals surface area contributed by atoms with Crippen LogP contribution in [0.15, 0.2) is 23.4 Å². The lowest BCUT2D eigenvalue weighted by atomic mass is 9.81. The number of alkyl halides is 7. The van der Waals surface area contributed by atoms with Crippen LogP contribution in [-0.4, -0.2) is 37.1 Å². The van der Waals surface area contributed by atoms with Gasteiger partial charge in [0.15, 0.2) is 0 Å². The molecule has 3 rings (SSSR count). The van der Waals surface area contributed by atoms with Crippen LogP contribution in [0.5, 0.6) is 0 Å². The predicted molar refractivity (Wildman–Crippen MR) is 102 cm³/mol. The Morgan fingerprint density at radius 1 is 1.30 bits per heavy atom. The van der Waals surface area contributed by atoms with E-state index in [4.69, 9.17) is 4.78 Å². The summed E-state index contributed by atoms with van der Waals surface area (Å²) >= 11 is 0. The normalized spacial score (nSPS) is 18.5. The van der Waals surface area contributed by atoms with Gasteiger partial charge < -0.3 is 5.32 Å². The monoisotopic (exact) mass is 501 g/mol. The van der Waals surface area contributed by atoms with Gasteiger partial charge in [0.1, 0.15) is 22.0 Å². The van der Waals surface area contributed by atoms with Gasteiger partial charge in [-0.3, -0.25) is 9.48 Å². The van der Waals surface area contributed by atoms with E-state index in [9.17, 15) is 39.7 Å². The Kier molecular flexibility index (Phi) is 6.01. The number of amides is 1. The highest BCUT2D eigenvalue weighted by atomic mass is 32.2. The Morgan fingerprint density at radius 3 is 2.39 bits per heavy atom. The number of carbonyl (C=O) groups excluding carboxylic acids is 1. The van der Waals surface area contributed by atoms with Crippen LogP contribution in [-0.2, 0) is 28.4 Å². The van der Waals surface area contributed by atoms with Gasteiger partial charge in [0.25, 0.3) is 11.8 Å². The molecule has 33 heavy (non-hydrogen) atoms. The zero-order valence-corrected chi connectivity index (χ0v) is 18.0. The van der Waals surface area contributed by atoms with Crippen molar-refractivity contribution >= 4 is 21.3 Å². The summed E-state index contributed by atoms with van der Waals surface area (Å²) in [6.07, 6.45) is -4.70. The number of hydrogen-bond donors (Lipinski definition) is 2. The van der Waals surface area contributed by atoms with Gasteiger partial charge in [-0.05, 0) is 18.1 Å². The maximum atomic E-state index is 14.0. The molecule has 0 aromatic carbocycles. The molecule has 1 fully saturated rings. The minimum absolute atomic E-state index is 0.176. The molecule has 1 aliphatic rings. The van der Waals surface area contributed by atoms with E-state index >= 15 is 0 Å². The first kappa shape index (κ1) is 24.9. The highest BCUT2D eigenvalue weighted by Gasteiger charge is 2.50. The van der Waals surface area contributed by atoms with E-state index in [1.807, 2.05) is 0 Å². The van der Waals surface area contributed by atoms with Gasteiger partial charge in [0.2, 0.25) is 5.92 Å². The second-order valence-corrected chi connectivity index (χ2v) is 10.1. The molecule has 15 heteroatoms. The van der Waals surface area contributed by atoms with Crippen LogP contribution >= 0.6 is 0 Å². The van der Waals surface area contributed by atoms with Gasteiger partial charge in [-0.1, -0.05) is 0 Å². The van der Waals surface area contributed by atoms with E-state index in [2.05, 4.69) is 15.4 Å². The van der Waals surface area contributed by atoms with Crippen molar-refractivity contribution in [3.05, 3.63) is 35.3 Å². The van der Waals surface area contributed by atoms with Crippen molar-refractivity contribution in [1.29, 1.82) is 4.78 Å². The van der Waals surface area contributed by atoms with Crippen LogP contribution in [0.4, 0.5) is 36.4 Å². The Bertz CT molecular complexity index is 1180. The molecule has 0 bridgehead atoms. The van der Waals surface area contributed by atoms with Crippen molar-refractivity contribution < 1.29 is 39.7 Å². The van der Waals surface area contributed by atoms with Gasteiger partial charge in [-0.25, -0.2) is 22.8 Å². The first-order chi connectivity index (χ1) is 14.9. The minimum atomic E-state index is -5.41. The Hall–Kier alpha value is -2.71. The standard InChI is InChI=1S/C18H18F7N5O2S/c1-16(19,20)14-12(18(23,24)25)13(30(29-14)8-9-6-17(21,22)7-9)15(31)28-10-3-4-27-11(5-10)33(2,26)32/h3-5,9,26H,6-8H2,1-2H3,(H,27,28,31). The molecule has 0 saturated heterocycles. The van der Waals surface area contributed by atoms with Crippen molar-refractivity contribution in [2.75, 3.05) is 11.6 Å². The minimum Gasteiger partial charge on any atom is -0.320 e. The topological polar surface area (TPSA) is 101 Å². The molecule has 0 spiro atoms. The predicted octanol–water partition coefficient (Wildman–Crippen LogP) is 4.74. The van der Waals surface area contributed by atoms with Gasteiger partial charge in [0, 0.05) is 44.5 Å². The second kappa shape index (κ2) is 7.95. The number of anilines is 1. The first-order valence-corrected chi connectivity index (χ1v) is 11.3. The molecule has 0 aliphatic heterocycles. The average molecular weight is 501 g/mol. The Morgan fingerprint density at radius 2 is 1.91 bits per heavy atom. The molecular weight excluding hydrogens is 483 g/mol.